The Balaban J connectivity index is 2.41. The fraction of sp³-hybridized carbons (Fsp3) is 0.375. The molecule has 0 unspecified atom stereocenters. The molecule has 1 aromatic heterocycles. The summed E-state index contributed by atoms with van der Waals surface area (Å²) < 4.78 is 18.5. The van der Waals surface area contributed by atoms with E-state index < -0.39 is 5.82 Å². The summed E-state index contributed by atoms with van der Waals surface area (Å²) in [7, 11) is 1.44. The lowest BCUT2D eigenvalue weighted by atomic mass is 10.1. The Morgan fingerprint density at radius 2 is 1.86 bits per heavy atom. The van der Waals surface area contributed by atoms with Gasteiger partial charge in [0.05, 0.1) is 7.11 Å². The van der Waals surface area contributed by atoms with Gasteiger partial charge in [-0.1, -0.05) is 0 Å². The predicted molar refractivity (Wildman–Crippen MR) is 80.8 cm³/mol. The highest BCUT2D eigenvalue weighted by atomic mass is 19.1. The van der Waals surface area contributed by atoms with Gasteiger partial charge in [-0.15, -0.1) is 0 Å². The van der Waals surface area contributed by atoms with E-state index in [1.165, 1.54) is 13.2 Å². The van der Waals surface area contributed by atoms with Gasteiger partial charge in [0.25, 0.3) is 0 Å². The van der Waals surface area contributed by atoms with E-state index in [4.69, 9.17) is 10.5 Å². The Kier molecular flexibility index (Phi) is 4.85. The number of benzene rings is 1. The molecule has 112 valence electrons. The van der Waals surface area contributed by atoms with Crippen molar-refractivity contribution in [1.29, 1.82) is 0 Å². The second-order valence-corrected chi connectivity index (χ2v) is 4.94. The minimum absolute atomic E-state index is 0.193. The van der Waals surface area contributed by atoms with E-state index >= 15 is 0 Å². The summed E-state index contributed by atoms with van der Waals surface area (Å²) in [6, 6.07) is 4.64. The van der Waals surface area contributed by atoms with Crippen molar-refractivity contribution in [3.8, 4) is 17.1 Å². The number of halogens is 1. The Bertz CT molecular complexity index is 620. The molecule has 0 bridgehead atoms. The lowest BCUT2D eigenvalue weighted by molar-refractivity contribution is 0.386. The van der Waals surface area contributed by atoms with Gasteiger partial charge < -0.3 is 10.5 Å². The summed E-state index contributed by atoms with van der Waals surface area (Å²) in [5, 5.41) is 0. The normalized spacial score (nSPS) is 10.7. The van der Waals surface area contributed by atoms with Crippen molar-refractivity contribution in [2.45, 2.75) is 26.7 Å². The van der Waals surface area contributed by atoms with Crippen molar-refractivity contribution in [3.05, 3.63) is 41.0 Å². The summed E-state index contributed by atoms with van der Waals surface area (Å²) in [4.78, 5) is 9.06. The van der Waals surface area contributed by atoms with Crippen LogP contribution in [-0.2, 0) is 6.42 Å². The molecule has 2 rings (SSSR count). The molecule has 2 aromatic rings. The maximum atomic E-state index is 13.5. The highest BCUT2D eigenvalue weighted by Gasteiger charge is 2.12. The summed E-state index contributed by atoms with van der Waals surface area (Å²) in [6.45, 7) is 4.57. The van der Waals surface area contributed by atoms with E-state index in [0.717, 1.165) is 35.4 Å². The second kappa shape index (κ2) is 6.63. The Labute approximate surface area is 124 Å². The topological polar surface area (TPSA) is 61.0 Å². The zero-order chi connectivity index (χ0) is 15.4. The van der Waals surface area contributed by atoms with Crippen molar-refractivity contribution >= 4 is 0 Å². The number of ether oxygens (including phenoxy) is 1. The minimum Gasteiger partial charge on any atom is -0.494 e. The zero-order valence-corrected chi connectivity index (χ0v) is 12.6. The van der Waals surface area contributed by atoms with Crippen molar-refractivity contribution < 1.29 is 9.13 Å². The van der Waals surface area contributed by atoms with Crippen molar-refractivity contribution in [2.24, 2.45) is 5.73 Å². The van der Waals surface area contributed by atoms with Crippen LogP contribution in [0.5, 0.6) is 5.75 Å². The summed E-state index contributed by atoms with van der Waals surface area (Å²) >= 11 is 0. The van der Waals surface area contributed by atoms with Gasteiger partial charge in [0.2, 0.25) is 0 Å². The van der Waals surface area contributed by atoms with Crippen LogP contribution in [0.15, 0.2) is 18.2 Å². The van der Waals surface area contributed by atoms with E-state index in [1.807, 2.05) is 13.8 Å². The molecule has 0 aliphatic rings. The third kappa shape index (κ3) is 3.36. The molecule has 0 aliphatic carbocycles. The molecule has 21 heavy (non-hydrogen) atoms. The van der Waals surface area contributed by atoms with Gasteiger partial charge in [-0.25, -0.2) is 14.4 Å². The molecule has 4 nitrogen and oxygen atoms in total. The third-order valence-electron chi connectivity index (χ3n) is 3.46. The fourth-order valence-electron chi connectivity index (χ4n) is 2.31. The smallest absolute Gasteiger partial charge is 0.165 e. The standard InChI is InChI=1S/C16H20FN3O/c1-10-13(5-4-8-18)11(2)20-16(19-10)12-6-7-14(17)15(9-12)21-3/h6-7,9H,4-5,8,18H2,1-3H3. The molecule has 0 radical (unpaired) electrons. The largest absolute Gasteiger partial charge is 0.494 e. The molecule has 2 N–H and O–H groups in total. The molecule has 0 fully saturated rings. The lowest BCUT2D eigenvalue weighted by Gasteiger charge is -2.11. The van der Waals surface area contributed by atoms with Crippen LogP contribution in [0, 0.1) is 19.7 Å². The molecule has 1 heterocycles. The van der Waals surface area contributed by atoms with Crippen LogP contribution in [-0.4, -0.2) is 23.6 Å². The van der Waals surface area contributed by atoms with Crippen LogP contribution in [0.4, 0.5) is 4.39 Å². The van der Waals surface area contributed by atoms with Gasteiger partial charge in [-0.2, -0.15) is 0 Å². The first-order valence-electron chi connectivity index (χ1n) is 6.95. The van der Waals surface area contributed by atoms with Crippen molar-refractivity contribution in [2.75, 3.05) is 13.7 Å². The molecular weight excluding hydrogens is 269 g/mol. The van der Waals surface area contributed by atoms with Gasteiger partial charge in [0.15, 0.2) is 17.4 Å². The quantitative estimate of drug-likeness (QED) is 0.919. The predicted octanol–water partition coefficient (Wildman–Crippen LogP) is 2.80. The number of aromatic nitrogens is 2. The fourth-order valence-corrected chi connectivity index (χ4v) is 2.31. The van der Waals surface area contributed by atoms with Gasteiger partial charge in [0.1, 0.15) is 0 Å². The Hall–Kier alpha value is -2.01. The van der Waals surface area contributed by atoms with Crippen LogP contribution in [0.25, 0.3) is 11.4 Å². The van der Waals surface area contributed by atoms with E-state index in [2.05, 4.69) is 9.97 Å². The number of hydrogen-bond acceptors (Lipinski definition) is 4. The summed E-state index contributed by atoms with van der Waals surface area (Å²) in [6.07, 6.45) is 1.79. The van der Waals surface area contributed by atoms with Crippen molar-refractivity contribution in [1.82, 2.24) is 9.97 Å². The van der Waals surface area contributed by atoms with E-state index in [-0.39, 0.29) is 5.75 Å². The number of aryl methyl sites for hydroxylation is 2. The monoisotopic (exact) mass is 289 g/mol. The van der Waals surface area contributed by atoms with Crippen LogP contribution >= 0.6 is 0 Å². The van der Waals surface area contributed by atoms with Gasteiger partial charge in [-0.3, -0.25) is 0 Å². The number of nitrogens with zero attached hydrogens (tertiary/aromatic N) is 2. The van der Waals surface area contributed by atoms with Crippen LogP contribution < -0.4 is 10.5 Å². The number of methoxy groups -OCH3 is 1. The van der Waals surface area contributed by atoms with Crippen molar-refractivity contribution in [3.63, 3.8) is 0 Å². The highest BCUT2D eigenvalue weighted by Crippen LogP contribution is 2.25. The molecule has 5 heteroatoms. The molecule has 0 saturated heterocycles. The lowest BCUT2D eigenvalue weighted by Crippen LogP contribution is -2.06. The molecule has 0 spiro atoms. The van der Waals surface area contributed by atoms with Crippen LogP contribution in [0.1, 0.15) is 23.4 Å². The maximum absolute atomic E-state index is 13.5. The average Bonchev–Trinajstić information content (AvgIpc) is 2.47. The van der Waals surface area contributed by atoms with E-state index in [1.54, 1.807) is 12.1 Å². The van der Waals surface area contributed by atoms with Gasteiger partial charge in [-0.05, 0) is 57.0 Å². The zero-order valence-electron chi connectivity index (χ0n) is 12.6. The number of rotatable bonds is 5. The van der Waals surface area contributed by atoms with Gasteiger partial charge >= 0.3 is 0 Å². The number of nitrogens with two attached hydrogens (primary N) is 1. The second-order valence-electron chi connectivity index (χ2n) is 4.94. The summed E-state index contributed by atoms with van der Waals surface area (Å²) in [5.41, 5.74) is 9.31. The van der Waals surface area contributed by atoms with E-state index in [0.29, 0.717) is 12.4 Å². The molecular formula is C16H20FN3O. The molecule has 1 aromatic carbocycles. The SMILES string of the molecule is COc1cc(-c2nc(C)c(CCCN)c(C)n2)ccc1F. The molecule has 0 amide bonds. The third-order valence-corrected chi connectivity index (χ3v) is 3.46. The Morgan fingerprint density at radius 1 is 1.19 bits per heavy atom. The summed E-state index contributed by atoms with van der Waals surface area (Å²) in [5.74, 6) is 0.382. The first-order valence-corrected chi connectivity index (χ1v) is 6.95. The average molecular weight is 289 g/mol. The van der Waals surface area contributed by atoms with Crippen LogP contribution in [0.3, 0.4) is 0 Å². The highest BCUT2D eigenvalue weighted by molar-refractivity contribution is 5.58. The Morgan fingerprint density at radius 3 is 2.43 bits per heavy atom. The minimum atomic E-state index is -0.394. The maximum Gasteiger partial charge on any atom is 0.165 e. The first kappa shape index (κ1) is 15.4. The van der Waals surface area contributed by atoms with E-state index in [9.17, 15) is 4.39 Å². The van der Waals surface area contributed by atoms with Gasteiger partial charge in [0, 0.05) is 17.0 Å². The molecule has 0 atom stereocenters. The number of hydrogen-bond donors (Lipinski definition) is 1. The molecule has 0 aliphatic heterocycles. The first-order chi connectivity index (χ1) is 10.1. The molecule has 0 saturated carbocycles. The van der Waals surface area contributed by atoms with Crippen LogP contribution in [0.2, 0.25) is 0 Å².